The SMILES string of the molecule is CCOc1ccc(/C=C/C(=O)OC(C)C(=O)Nc2ccc(N(C)C)cc2)cc1OC. The van der Waals surface area contributed by atoms with E-state index in [-0.39, 0.29) is 0 Å². The van der Waals surface area contributed by atoms with Gasteiger partial charge in [0.25, 0.3) is 5.91 Å². The van der Waals surface area contributed by atoms with Crippen molar-refractivity contribution in [1.29, 1.82) is 0 Å². The zero-order chi connectivity index (χ0) is 22.1. The first-order valence-electron chi connectivity index (χ1n) is 9.61. The molecule has 0 aliphatic heterocycles. The van der Waals surface area contributed by atoms with Gasteiger partial charge >= 0.3 is 5.97 Å². The summed E-state index contributed by atoms with van der Waals surface area (Å²) in [4.78, 5) is 26.3. The Hall–Kier alpha value is -3.48. The summed E-state index contributed by atoms with van der Waals surface area (Å²) in [7, 11) is 5.42. The van der Waals surface area contributed by atoms with Crippen molar-refractivity contribution in [3.63, 3.8) is 0 Å². The minimum absolute atomic E-state index is 0.405. The number of nitrogens with one attached hydrogen (secondary N) is 1. The highest BCUT2D eigenvalue weighted by Gasteiger charge is 2.16. The molecule has 1 atom stereocenters. The predicted octanol–water partition coefficient (Wildman–Crippen LogP) is 3.74. The molecule has 160 valence electrons. The number of benzene rings is 2. The Morgan fingerprint density at radius 3 is 2.40 bits per heavy atom. The van der Waals surface area contributed by atoms with Crippen molar-refractivity contribution < 1.29 is 23.8 Å². The zero-order valence-corrected chi connectivity index (χ0v) is 18.0. The lowest BCUT2D eigenvalue weighted by Gasteiger charge is -2.15. The smallest absolute Gasteiger partial charge is 0.331 e. The largest absolute Gasteiger partial charge is 0.493 e. The number of anilines is 2. The molecule has 0 aromatic heterocycles. The van der Waals surface area contributed by atoms with Gasteiger partial charge in [-0.25, -0.2) is 4.79 Å². The molecule has 0 heterocycles. The molecule has 0 bridgehead atoms. The van der Waals surface area contributed by atoms with Crippen LogP contribution in [0.25, 0.3) is 6.08 Å². The molecule has 2 aromatic carbocycles. The number of carbonyl (C=O) groups is 2. The van der Waals surface area contributed by atoms with E-state index in [9.17, 15) is 9.59 Å². The number of methoxy groups -OCH3 is 1. The summed E-state index contributed by atoms with van der Waals surface area (Å²) < 4.78 is 15.9. The molecule has 30 heavy (non-hydrogen) atoms. The van der Waals surface area contributed by atoms with Gasteiger partial charge in [-0.05, 0) is 61.9 Å². The van der Waals surface area contributed by atoms with Crippen LogP contribution in [0.15, 0.2) is 48.5 Å². The maximum Gasteiger partial charge on any atom is 0.331 e. The molecular formula is C23H28N2O5. The van der Waals surface area contributed by atoms with Crippen molar-refractivity contribution in [1.82, 2.24) is 0 Å². The van der Waals surface area contributed by atoms with E-state index in [0.29, 0.717) is 23.8 Å². The van der Waals surface area contributed by atoms with Crippen molar-refractivity contribution in [3.8, 4) is 11.5 Å². The number of rotatable bonds is 9. The van der Waals surface area contributed by atoms with E-state index in [0.717, 1.165) is 11.3 Å². The molecule has 7 heteroatoms. The fraction of sp³-hybridized carbons (Fsp3) is 0.304. The predicted molar refractivity (Wildman–Crippen MR) is 118 cm³/mol. The van der Waals surface area contributed by atoms with Gasteiger partial charge in [-0.15, -0.1) is 0 Å². The molecular weight excluding hydrogens is 384 g/mol. The Kier molecular flexibility index (Phi) is 8.29. The van der Waals surface area contributed by atoms with E-state index >= 15 is 0 Å². The van der Waals surface area contributed by atoms with Crippen LogP contribution < -0.4 is 19.7 Å². The highest BCUT2D eigenvalue weighted by atomic mass is 16.5. The molecule has 1 N–H and O–H groups in total. The third kappa shape index (κ3) is 6.55. The van der Waals surface area contributed by atoms with Crippen LogP contribution in [0.5, 0.6) is 11.5 Å². The molecule has 1 amide bonds. The normalized spacial score (nSPS) is 11.6. The number of nitrogens with zero attached hydrogens (tertiary/aromatic N) is 1. The first-order chi connectivity index (χ1) is 14.3. The fourth-order valence-corrected chi connectivity index (χ4v) is 2.58. The van der Waals surface area contributed by atoms with Crippen molar-refractivity contribution >= 4 is 29.3 Å². The lowest BCUT2D eigenvalue weighted by Crippen LogP contribution is -2.29. The monoisotopic (exact) mass is 412 g/mol. The van der Waals surface area contributed by atoms with Crippen molar-refractivity contribution in [2.24, 2.45) is 0 Å². The Morgan fingerprint density at radius 2 is 1.80 bits per heavy atom. The summed E-state index contributed by atoms with van der Waals surface area (Å²) in [6.07, 6.45) is 1.92. The van der Waals surface area contributed by atoms with Gasteiger partial charge in [0.1, 0.15) is 0 Å². The van der Waals surface area contributed by atoms with Crippen LogP contribution in [0.2, 0.25) is 0 Å². The summed E-state index contributed by atoms with van der Waals surface area (Å²) in [6, 6.07) is 12.7. The zero-order valence-electron chi connectivity index (χ0n) is 18.0. The van der Waals surface area contributed by atoms with Crippen LogP contribution in [0.1, 0.15) is 19.4 Å². The van der Waals surface area contributed by atoms with Gasteiger partial charge in [-0.3, -0.25) is 4.79 Å². The number of esters is 1. The van der Waals surface area contributed by atoms with Gasteiger partial charge in [0, 0.05) is 31.5 Å². The van der Waals surface area contributed by atoms with Crippen LogP contribution in [-0.2, 0) is 14.3 Å². The van der Waals surface area contributed by atoms with Gasteiger partial charge < -0.3 is 24.4 Å². The Labute approximate surface area is 177 Å². The van der Waals surface area contributed by atoms with Gasteiger partial charge in [-0.2, -0.15) is 0 Å². The lowest BCUT2D eigenvalue weighted by molar-refractivity contribution is -0.148. The number of ether oxygens (including phenoxy) is 3. The Balaban J connectivity index is 1.92. The minimum atomic E-state index is -0.939. The first-order valence-corrected chi connectivity index (χ1v) is 9.61. The second-order valence-electron chi connectivity index (χ2n) is 6.69. The van der Waals surface area contributed by atoms with Crippen molar-refractivity contribution in [3.05, 3.63) is 54.1 Å². The summed E-state index contributed by atoms with van der Waals surface area (Å²) in [5, 5.41) is 2.73. The Morgan fingerprint density at radius 1 is 1.10 bits per heavy atom. The Bertz CT molecular complexity index is 891. The average Bonchev–Trinajstić information content (AvgIpc) is 2.73. The molecule has 2 aromatic rings. The van der Waals surface area contributed by atoms with E-state index in [1.165, 1.54) is 13.0 Å². The average molecular weight is 412 g/mol. The van der Waals surface area contributed by atoms with E-state index in [1.54, 1.807) is 43.5 Å². The third-order valence-electron chi connectivity index (χ3n) is 4.21. The van der Waals surface area contributed by atoms with Crippen LogP contribution in [0, 0.1) is 0 Å². The quantitative estimate of drug-likeness (QED) is 0.499. The maximum absolute atomic E-state index is 12.3. The van der Waals surface area contributed by atoms with Gasteiger partial charge in [0.05, 0.1) is 13.7 Å². The molecule has 0 aliphatic carbocycles. The number of carbonyl (C=O) groups excluding carboxylic acids is 2. The van der Waals surface area contributed by atoms with Crippen LogP contribution in [0.3, 0.4) is 0 Å². The van der Waals surface area contributed by atoms with Crippen LogP contribution in [-0.4, -0.2) is 45.8 Å². The molecule has 0 saturated carbocycles. The topological polar surface area (TPSA) is 77.1 Å². The van der Waals surface area contributed by atoms with Gasteiger partial charge in [0.2, 0.25) is 0 Å². The second kappa shape index (κ2) is 10.9. The summed E-state index contributed by atoms with van der Waals surface area (Å²) in [5.41, 5.74) is 2.39. The van der Waals surface area contributed by atoms with Crippen LogP contribution in [0.4, 0.5) is 11.4 Å². The number of hydrogen-bond acceptors (Lipinski definition) is 6. The first kappa shape index (κ1) is 22.8. The van der Waals surface area contributed by atoms with E-state index in [4.69, 9.17) is 14.2 Å². The van der Waals surface area contributed by atoms with E-state index in [2.05, 4.69) is 5.32 Å². The third-order valence-corrected chi connectivity index (χ3v) is 4.21. The lowest BCUT2D eigenvalue weighted by atomic mass is 10.2. The van der Waals surface area contributed by atoms with Crippen molar-refractivity contribution in [2.45, 2.75) is 20.0 Å². The van der Waals surface area contributed by atoms with Crippen molar-refractivity contribution in [2.75, 3.05) is 38.0 Å². The highest BCUT2D eigenvalue weighted by Crippen LogP contribution is 2.28. The maximum atomic E-state index is 12.3. The van der Waals surface area contributed by atoms with Gasteiger partial charge in [0.15, 0.2) is 17.6 Å². The summed E-state index contributed by atoms with van der Waals surface area (Å²) >= 11 is 0. The van der Waals surface area contributed by atoms with Gasteiger partial charge in [-0.1, -0.05) is 6.07 Å². The second-order valence-corrected chi connectivity index (χ2v) is 6.69. The molecule has 0 fully saturated rings. The molecule has 0 aliphatic rings. The molecule has 0 spiro atoms. The molecule has 1 unspecified atom stereocenters. The molecule has 7 nitrogen and oxygen atoms in total. The minimum Gasteiger partial charge on any atom is -0.493 e. The molecule has 0 radical (unpaired) electrons. The highest BCUT2D eigenvalue weighted by molar-refractivity contribution is 5.96. The number of amides is 1. The molecule has 2 rings (SSSR count). The summed E-state index contributed by atoms with van der Waals surface area (Å²) in [5.74, 6) is 0.176. The summed E-state index contributed by atoms with van der Waals surface area (Å²) in [6.45, 7) is 3.94. The van der Waals surface area contributed by atoms with Crippen LogP contribution >= 0.6 is 0 Å². The van der Waals surface area contributed by atoms with E-state index < -0.39 is 18.0 Å². The molecule has 0 saturated heterocycles. The number of hydrogen-bond donors (Lipinski definition) is 1. The van der Waals surface area contributed by atoms with E-state index in [1.807, 2.05) is 38.1 Å². The fourth-order valence-electron chi connectivity index (χ4n) is 2.58. The standard InChI is InChI=1S/C23H28N2O5/c1-6-29-20-13-7-17(15-21(20)28-5)8-14-22(26)30-16(2)23(27)24-18-9-11-19(12-10-18)25(3)4/h7-16H,6H2,1-5H3,(H,24,27)/b14-8+.